The van der Waals surface area contributed by atoms with Gasteiger partial charge in [-0.25, -0.2) is 4.79 Å². The summed E-state index contributed by atoms with van der Waals surface area (Å²) in [5.41, 5.74) is -2.30. The third kappa shape index (κ3) is 11.3. The summed E-state index contributed by atoms with van der Waals surface area (Å²) in [6.07, 6.45) is -2.72. The molecule has 0 aliphatic carbocycles. The summed E-state index contributed by atoms with van der Waals surface area (Å²) in [6, 6.07) is 0. The molecule has 12 atom stereocenters. The minimum Gasteiger partial charge on any atom is -0.493 e. The predicted molar refractivity (Wildman–Crippen MR) is 204 cm³/mol. The highest BCUT2D eigenvalue weighted by Gasteiger charge is 2.59. The van der Waals surface area contributed by atoms with E-state index >= 15 is 0 Å². The molecule has 4 heterocycles. The van der Waals surface area contributed by atoms with Crippen LogP contribution in [0.15, 0.2) is 36.1 Å². The topological polar surface area (TPSA) is 214 Å². The van der Waals surface area contributed by atoms with E-state index in [1.807, 2.05) is 0 Å². The van der Waals surface area contributed by atoms with Crippen LogP contribution in [0, 0.1) is 16.7 Å². The van der Waals surface area contributed by atoms with Crippen LogP contribution < -0.4 is 0 Å². The molecule has 15 heteroatoms. The Hall–Kier alpha value is -3.18. The van der Waals surface area contributed by atoms with E-state index in [2.05, 4.69) is 6.58 Å². The Bertz CT molecular complexity index is 1550. The Morgan fingerprint density at radius 2 is 1.60 bits per heavy atom. The van der Waals surface area contributed by atoms with Crippen LogP contribution in [-0.4, -0.2) is 118 Å². The zero-order chi connectivity index (χ0) is 42.7. The van der Waals surface area contributed by atoms with E-state index in [1.54, 1.807) is 39.8 Å². The number of fused-ring (bicyclic) bond motifs is 6. The number of aliphatic hydroxyl groups is 4. The second kappa shape index (κ2) is 18.4. The number of ether oxygens (including phenoxy) is 7. The second-order valence-electron chi connectivity index (χ2n) is 17.5. The van der Waals surface area contributed by atoms with E-state index in [0.717, 1.165) is 6.08 Å². The van der Waals surface area contributed by atoms with Crippen LogP contribution in [0.25, 0.3) is 0 Å². The van der Waals surface area contributed by atoms with Gasteiger partial charge in [0.25, 0.3) is 0 Å². The van der Waals surface area contributed by atoms with Crippen LogP contribution in [0.3, 0.4) is 0 Å². The number of carbonyl (C=O) groups excluding carboxylic acids is 4. The van der Waals surface area contributed by atoms with Crippen molar-refractivity contribution in [3.05, 3.63) is 36.1 Å². The van der Waals surface area contributed by atoms with Crippen LogP contribution >= 0.6 is 0 Å². The summed E-state index contributed by atoms with van der Waals surface area (Å²) >= 11 is 0. The molecule has 57 heavy (non-hydrogen) atoms. The van der Waals surface area contributed by atoms with Gasteiger partial charge in [-0.3, -0.25) is 9.59 Å². The van der Waals surface area contributed by atoms with Crippen molar-refractivity contribution in [1.82, 2.24) is 0 Å². The van der Waals surface area contributed by atoms with E-state index in [9.17, 15) is 39.6 Å². The van der Waals surface area contributed by atoms with Gasteiger partial charge in [0.05, 0.1) is 54.9 Å². The Kier molecular flexibility index (Phi) is 15.0. The zero-order valence-corrected chi connectivity index (χ0v) is 34.9. The molecule has 3 saturated heterocycles. The SMILES string of the molecule is C=C1C[C@H](O)C[C@@H]2C[C@H](OC(C)=O)C(C)(C)[C@](O)(C[C@@H]3C[C@H](CC(C)=O)C[C@H](/C=C/C(C)(C)[C@]4(O)O[C@@H](C/C(=C\C(=O)OC)[C@@H]4OC(C)=O)CC([C@@H](C)O)O1)O3)O2. The molecular weight excluding hydrogens is 744 g/mol. The maximum atomic E-state index is 12.7. The van der Waals surface area contributed by atoms with Gasteiger partial charge in [0.2, 0.25) is 5.79 Å². The summed E-state index contributed by atoms with van der Waals surface area (Å²) < 4.78 is 42.0. The third-order valence-corrected chi connectivity index (χ3v) is 11.9. The molecule has 1 unspecified atom stereocenters. The smallest absolute Gasteiger partial charge is 0.330 e. The summed E-state index contributed by atoms with van der Waals surface area (Å²) in [6.45, 7) is 16.3. The lowest BCUT2D eigenvalue weighted by molar-refractivity contribution is -0.349. The highest BCUT2D eigenvalue weighted by atomic mass is 16.7. The zero-order valence-electron chi connectivity index (χ0n) is 34.9. The average molecular weight is 809 g/mol. The van der Waals surface area contributed by atoms with Gasteiger partial charge in [-0.05, 0) is 44.6 Å². The lowest BCUT2D eigenvalue weighted by Gasteiger charge is -2.54. The predicted octanol–water partition coefficient (Wildman–Crippen LogP) is 3.87. The molecule has 0 aromatic heterocycles. The van der Waals surface area contributed by atoms with Crippen molar-refractivity contribution >= 4 is 23.7 Å². The highest BCUT2D eigenvalue weighted by Crippen LogP contribution is 2.50. The van der Waals surface area contributed by atoms with Gasteiger partial charge < -0.3 is 58.4 Å². The molecule has 322 valence electrons. The Labute approximate surface area is 335 Å². The molecule has 15 nitrogen and oxygen atoms in total. The van der Waals surface area contributed by atoms with E-state index in [1.165, 1.54) is 34.8 Å². The van der Waals surface area contributed by atoms with Crippen molar-refractivity contribution in [2.24, 2.45) is 16.7 Å². The molecule has 3 fully saturated rings. The minimum absolute atomic E-state index is 0.00873. The first-order valence-electron chi connectivity index (χ1n) is 19.9. The standard InChI is InChI=1S/C42H64O15/c1-23(43)13-28-15-31-11-12-39(6,7)42(50)38(54-27(5)46)29(18-37(48)51-10)17-32(57-42)20-35(25(3)44)52-24(2)14-30(47)19-33-21-36(53-26(4)45)40(8,9)41(49,56-33)22-34(16-28)55-31/h11-12,18,25,28,30-36,38,44,47,49-50H,2,13-17,19-22H2,1,3-10H3/b12-11+,29-18+/t25-,28-,30+,31+,32+,33-,34+,35?,36+,38+,41+,42-/m1/s1. The molecule has 6 bridgehead atoms. The Morgan fingerprint density at radius 1 is 0.930 bits per heavy atom. The molecule has 4 aliphatic heterocycles. The number of carbonyl (C=O) groups is 4. The van der Waals surface area contributed by atoms with E-state index in [4.69, 9.17) is 33.2 Å². The van der Waals surface area contributed by atoms with Crippen molar-refractivity contribution < 1.29 is 72.8 Å². The number of Topliss-reactive ketones (excluding diaryl/α,β-unsaturated/α-hetero) is 1. The molecular formula is C42H64O15. The normalized spacial score (nSPS) is 39.1. The van der Waals surface area contributed by atoms with Crippen LogP contribution in [0.4, 0.5) is 0 Å². The van der Waals surface area contributed by atoms with Gasteiger partial charge in [-0.15, -0.1) is 0 Å². The number of aliphatic hydroxyl groups excluding tert-OH is 2. The third-order valence-electron chi connectivity index (χ3n) is 11.9. The van der Waals surface area contributed by atoms with Crippen LogP contribution in [0.1, 0.15) is 113 Å². The molecule has 0 spiro atoms. The number of hydrogen-bond donors (Lipinski definition) is 4. The van der Waals surface area contributed by atoms with Crippen molar-refractivity contribution in [1.29, 1.82) is 0 Å². The molecule has 0 amide bonds. The van der Waals surface area contributed by atoms with Crippen molar-refractivity contribution in [3.8, 4) is 0 Å². The summed E-state index contributed by atoms with van der Waals surface area (Å²) in [7, 11) is 1.19. The maximum Gasteiger partial charge on any atom is 0.330 e. The van der Waals surface area contributed by atoms with Crippen molar-refractivity contribution in [2.75, 3.05) is 7.11 Å². The van der Waals surface area contributed by atoms with Gasteiger partial charge in [0, 0.05) is 63.9 Å². The average Bonchev–Trinajstić information content (AvgIpc) is 3.06. The Morgan fingerprint density at radius 3 is 2.19 bits per heavy atom. The molecule has 0 aromatic carbocycles. The quantitative estimate of drug-likeness (QED) is 0.130. The molecule has 4 aliphatic rings. The van der Waals surface area contributed by atoms with Crippen LogP contribution in [0.5, 0.6) is 0 Å². The number of methoxy groups -OCH3 is 1. The van der Waals surface area contributed by atoms with Gasteiger partial charge in [-0.1, -0.05) is 46.4 Å². The summed E-state index contributed by atoms with van der Waals surface area (Å²) in [5.74, 6) is -6.30. The van der Waals surface area contributed by atoms with E-state index in [0.29, 0.717) is 12.8 Å². The minimum atomic E-state index is -2.31. The molecule has 0 radical (unpaired) electrons. The monoisotopic (exact) mass is 808 g/mol. The number of ketones is 1. The molecule has 4 N–H and O–H groups in total. The highest BCUT2D eigenvalue weighted by molar-refractivity contribution is 5.83. The van der Waals surface area contributed by atoms with E-state index < -0.39 is 95.2 Å². The first kappa shape index (κ1) is 46.5. The molecule has 4 rings (SSSR count). The van der Waals surface area contributed by atoms with Crippen LogP contribution in [-0.2, 0) is 52.3 Å². The lowest BCUT2D eigenvalue weighted by atomic mass is 9.70. The lowest BCUT2D eigenvalue weighted by Crippen LogP contribution is -2.62. The Balaban J connectivity index is 1.85. The largest absolute Gasteiger partial charge is 0.493 e. The van der Waals surface area contributed by atoms with Crippen LogP contribution in [0.2, 0.25) is 0 Å². The fourth-order valence-corrected chi connectivity index (χ4v) is 8.65. The first-order valence-corrected chi connectivity index (χ1v) is 19.9. The van der Waals surface area contributed by atoms with Gasteiger partial charge in [0.15, 0.2) is 11.9 Å². The summed E-state index contributed by atoms with van der Waals surface area (Å²) in [4.78, 5) is 49.9. The first-order chi connectivity index (χ1) is 26.4. The number of rotatable bonds is 6. The van der Waals surface area contributed by atoms with Crippen molar-refractivity contribution in [2.45, 2.75) is 180 Å². The maximum absolute atomic E-state index is 12.7. The number of hydrogen-bond acceptors (Lipinski definition) is 15. The van der Waals surface area contributed by atoms with Gasteiger partial charge >= 0.3 is 17.9 Å². The molecule has 0 aromatic rings. The molecule has 0 saturated carbocycles. The number of esters is 3. The van der Waals surface area contributed by atoms with Gasteiger partial charge in [0.1, 0.15) is 18.0 Å². The summed E-state index contributed by atoms with van der Waals surface area (Å²) in [5, 5.41) is 47.3. The van der Waals surface area contributed by atoms with E-state index in [-0.39, 0.29) is 68.0 Å². The van der Waals surface area contributed by atoms with Crippen molar-refractivity contribution in [3.63, 3.8) is 0 Å². The fraction of sp³-hybridized carbons (Fsp3) is 0.762. The fourth-order valence-electron chi connectivity index (χ4n) is 8.65. The van der Waals surface area contributed by atoms with Gasteiger partial charge in [-0.2, -0.15) is 0 Å². The second-order valence-corrected chi connectivity index (χ2v) is 17.5.